The third-order valence-corrected chi connectivity index (χ3v) is 4.17. The van der Waals surface area contributed by atoms with Gasteiger partial charge in [-0.3, -0.25) is 9.59 Å². The summed E-state index contributed by atoms with van der Waals surface area (Å²) in [5.41, 5.74) is 0.300. The number of imidazole rings is 1. The number of halogens is 1. The Morgan fingerprint density at radius 2 is 1.89 bits per heavy atom. The first-order valence-corrected chi connectivity index (χ1v) is 8.99. The van der Waals surface area contributed by atoms with E-state index in [-0.39, 0.29) is 24.1 Å². The quantitative estimate of drug-likeness (QED) is 0.732. The highest BCUT2D eigenvalue weighted by atomic mass is 19.1. The average molecular weight is 374 g/mol. The van der Waals surface area contributed by atoms with Crippen LogP contribution >= 0.6 is 0 Å². The summed E-state index contributed by atoms with van der Waals surface area (Å²) >= 11 is 0. The van der Waals surface area contributed by atoms with Crippen LogP contribution in [0.15, 0.2) is 36.7 Å². The molecule has 0 radical (unpaired) electrons. The Morgan fingerprint density at radius 1 is 1.22 bits per heavy atom. The molecule has 0 aliphatic heterocycles. The summed E-state index contributed by atoms with van der Waals surface area (Å²) in [5.74, 6) is 0.131. The first kappa shape index (κ1) is 20.6. The monoisotopic (exact) mass is 374 g/mol. The van der Waals surface area contributed by atoms with Crippen molar-refractivity contribution in [3.63, 3.8) is 0 Å². The zero-order chi connectivity index (χ0) is 20.0. The van der Waals surface area contributed by atoms with Crippen molar-refractivity contribution in [3.05, 3.63) is 53.9 Å². The van der Waals surface area contributed by atoms with Gasteiger partial charge in [-0.25, -0.2) is 9.37 Å². The Balaban J connectivity index is 1.97. The van der Waals surface area contributed by atoms with E-state index in [4.69, 9.17) is 0 Å². The maximum atomic E-state index is 13.2. The zero-order valence-electron chi connectivity index (χ0n) is 16.3. The molecule has 1 aromatic heterocycles. The van der Waals surface area contributed by atoms with E-state index in [2.05, 4.69) is 15.6 Å². The molecular weight excluding hydrogens is 347 g/mol. The molecule has 27 heavy (non-hydrogen) atoms. The summed E-state index contributed by atoms with van der Waals surface area (Å²) in [6.45, 7) is 5.97. The third kappa shape index (κ3) is 5.91. The molecule has 0 saturated heterocycles. The molecule has 0 spiro atoms. The number of carbonyl (C=O) groups is 2. The molecule has 0 aliphatic carbocycles. The lowest BCUT2D eigenvalue weighted by atomic mass is 9.96. The van der Waals surface area contributed by atoms with E-state index < -0.39 is 11.5 Å². The summed E-state index contributed by atoms with van der Waals surface area (Å²) < 4.78 is 15.1. The van der Waals surface area contributed by atoms with Crippen LogP contribution in [-0.4, -0.2) is 27.9 Å². The van der Waals surface area contributed by atoms with E-state index in [0.29, 0.717) is 18.8 Å². The minimum Gasteiger partial charge on any atom is -0.356 e. The van der Waals surface area contributed by atoms with E-state index in [9.17, 15) is 14.0 Å². The van der Waals surface area contributed by atoms with Crippen molar-refractivity contribution in [1.29, 1.82) is 0 Å². The van der Waals surface area contributed by atoms with Crippen LogP contribution in [0.5, 0.6) is 0 Å². The van der Waals surface area contributed by atoms with E-state index in [1.165, 1.54) is 12.1 Å². The normalized spacial score (nSPS) is 12.5. The maximum Gasteiger partial charge on any atom is 0.225 e. The lowest BCUT2D eigenvalue weighted by Crippen LogP contribution is -2.36. The second-order valence-corrected chi connectivity index (χ2v) is 7.56. The highest BCUT2D eigenvalue weighted by Gasteiger charge is 2.22. The van der Waals surface area contributed by atoms with Crippen molar-refractivity contribution in [3.8, 4) is 0 Å². The number of amides is 2. The second kappa shape index (κ2) is 8.79. The van der Waals surface area contributed by atoms with Crippen LogP contribution in [0, 0.1) is 11.2 Å². The molecule has 2 N–H and O–H groups in total. The number of rotatable bonds is 7. The number of aryl methyl sites for hydroxylation is 1. The molecule has 0 bridgehead atoms. The standard InChI is InChI=1S/C20H27FN4O2/c1-20(2,3)19(27)23-11-5-6-16(26)24-17(18-22-12-13-25(18)4)14-7-9-15(21)10-8-14/h7-10,12-13,17H,5-6,11H2,1-4H3,(H,23,27)(H,24,26). The van der Waals surface area contributed by atoms with Crippen LogP contribution in [0.4, 0.5) is 4.39 Å². The van der Waals surface area contributed by atoms with Gasteiger partial charge >= 0.3 is 0 Å². The van der Waals surface area contributed by atoms with Crippen LogP contribution in [0.25, 0.3) is 0 Å². The summed E-state index contributed by atoms with van der Waals surface area (Å²) in [6, 6.07) is 5.53. The van der Waals surface area contributed by atoms with Gasteiger partial charge < -0.3 is 15.2 Å². The van der Waals surface area contributed by atoms with Gasteiger partial charge in [-0.1, -0.05) is 32.9 Å². The molecule has 1 atom stereocenters. The fraction of sp³-hybridized carbons (Fsp3) is 0.450. The summed E-state index contributed by atoms with van der Waals surface area (Å²) in [6.07, 6.45) is 4.25. The molecule has 0 aliphatic rings. The number of carbonyl (C=O) groups excluding carboxylic acids is 2. The van der Waals surface area contributed by atoms with Gasteiger partial charge in [-0.2, -0.15) is 0 Å². The van der Waals surface area contributed by atoms with Gasteiger partial charge in [0, 0.05) is 37.8 Å². The van der Waals surface area contributed by atoms with Crippen LogP contribution in [0.1, 0.15) is 51.0 Å². The predicted octanol–water partition coefficient (Wildman–Crippen LogP) is 2.71. The Labute approximate surface area is 159 Å². The number of nitrogens with zero attached hydrogens (tertiary/aromatic N) is 2. The number of aromatic nitrogens is 2. The minimum atomic E-state index is -0.470. The Kier molecular flexibility index (Phi) is 6.71. The molecule has 0 fully saturated rings. The predicted molar refractivity (Wildman–Crippen MR) is 101 cm³/mol. The fourth-order valence-corrected chi connectivity index (χ4v) is 2.56. The molecule has 1 unspecified atom stereocenters. The summed E-state index contributed by atoms with van der Waals surface area (Å²) in [4.78, 5) is 28.6. The topological polar surface area (TPSA) is 76.0 Å². The van der Waals surface area contributed by atoms with Gasteiger partial charge in [0.1, 0.15) is 17.7 Å². The van der Waals surface area contributed by atoms with E-state index in [0.717, 1.165) is 5.56 Å². The largest absolute Gasteiger partial charge is 0.356 e. The Morgan fingerprint density at radius 3 is 2.44 bits per heavy atom. The second-order valence-electron chi connectivity index (χ2n) is 7.56. The van der Waals surface area contributed by atoms with Crippen LogP contribution in [0.2, 0.25) is 0 Å². The smallest absolute Gasteiger partial charge is 0.225 e. The Bertz CT molecular complexity index is 778. The first-order chi connectivity index (χ1) is 12.7. The van der Waals surface area contributed by atoms with Crippen LogP contribution < -0.4 is 10.6 Å². The third-order valence-electron chi connectivity index (χ3n) is 4.17. The molecule has 2 amide bonds. The lowest BCUT2D eigenvalue weighted by molar-refractivity contribution is -0.128. The van der Waals surface area contributed by atoms with Gasteiger partial charge in [0.15, 0.2) is 0 Å². The molecule has 1 heterocycles. The van der Waals surface area contributed by atoms with Crippen molar-refractivity contribution in [2.45, 2.75) is 39.7 Å². The molecular formula is C20H27FN4O2. The van der Waals surface area contributed by atoms with Crippen molar-refractivity contribution < 1.29 is 14.0 Å². The van der Waals surface area contributed by atoms with E-state index in [1.807, 2.05) is 32.4 Å². The zero-order valence-corrected chi connectivity index (χ0v) is 16.3. The maximum absolute atomic E-state index is 13.2. The number of benzene rings is 1. The average Bonchev–Trinajstić information content (AvgIpc) is 3.02. The minimum absolute atomic E-state index is 0.0416. The number of nitrogens with one attached hydrogen (secondary N) is 2. The molecule has 146 valence electrons. The van der Waals surface area contributed by atoms with Crippen molar-refractivity contribution in [1.82, 2.24) is 20.2 Å². The van der Waals surface area contributed by atoms with Gasteiger partial charge in [0.2, 0.25) is 11.8 Å². The van der Waals surface area contributed by atoms with Crippen LogP contribution in [-0.2, 0) is 16.6 Å². The molecule has 7 heteroatoms. The van der Waals surface area contributed by atoms with E-state index in [1.54, 1.807) is 24.5 Å². The summed E-state index contributed by atoms with van der Waals surface area (Å²) in [7, 11) is 1.84. The van der Waals surface area contributed by atoms with Gasteiger partial charge in [-0.05, 0) is 24.1 Å². The van der Waals surface area contributed by atoms with Crippen LogP contribution in [0.3, 0.4) is 0 Å². The van der Waals surface area contributed by atoms with Gasteiger partial charge in [0.25, 0.3) is 0 Å². The fourth-order valence-electron chi connectivity index (χ4n) is 2.56. The lowest BCUT2D eigenvalue weighted by Gasteiger charge is -2.20. The summed E-state index contributed by atoms with van der Waals surface area (Å²) in [5, 5.41) is 5.79. The van der Waals surface area contributed by atoms with E-state index >= 15 is 0 Å². The van der Waals surface area contributed by atoms with Crippen molar-refractivity contribution >= 4 is 11.8 Å². The first-order valence-electron chi connectivity index (χ1n) is 8.99. The molecule has 1 aromatic carbocycles. The van der Waals surface area contributed by atoms with Crippen molar-refractivity contribution in [2.75, 3.05) is 6.54 Å². The highest BCUT2D eigenvalue weighted by Crippen LogP contribution is 2.21. The SMILES string of the molecule is Cn1ccnc1C(NC(=O)CCCNC(=O)C(C)(C)C)c1ccc(F)cc1. The molecule has 2 aromatic rings. The molecule has 0 saturated carbocycles. The van der Waals surface area contributed by atoms with Crippen molar-refractivity contribution in [2.24, 2.45) is 12.5 Å². The Hall–Kier alpha value is -2.70. The van der Waals surface area contributed by atoms with Gasteiger partial charge in [-0.15, -0.1) is 0 Å². The van der Waals surface area contributed by atoms with Gasteiger partial charge in [0.05, 0.1) is 0 Å². The molecule has 6 nitrogen and oxygen atoms in total. The molecule has 2 rings (SSSR count). The number of hydrogen-bond donors (Lipinski definition) is 2. The highest BCUT2D eigenvalue weighted by molar-refractivity contribution is 5.81. The number of hydrogen-bond acceptors (Lipinski definition) is 3.